The lowest BCUT2D eigenvalue weighted by atomic mass is 9.94. The Morgan fingerprint density at radius 3 is 2.84 bits per heavy atom. The average molecular weight is 346 g/mol. The Morgan fingerprint density at radius 1 is 1.36 bits per heavy atom. The molecule has 1 saturated heterocycles. The van der Waals surface area contributed by atoms with E-state index in [0.29, 0.717) is 30.7 Å². The number of ether oxygens (including phenoxy) is 1. The lowest BCUT2D eigenvalue weighted by Crippen LogP contribution is -2.47. The second-order valence-corrected chi connectivity index (χ2v) is 6.82. The fourth-order valence-electron chi connectivity index (χ4n) is 3.39. The SMILES string of the molecule is Cc1ccc2c(c1)C(=O)NCC1(CCC(=O)N(C(C)C(=O)O)CC1)O2. The van der Waals surface area contributed by atoms with Gasteiger partial charge in [0.15, 0.2) is 0 Å². The number of hydrogen-bond donors (Lipinski definition) is 2. The first kappa shape index (κ1) is 17.3. The number of carboxylic acid groups (broad SMARTS) is 1. The van der Waals surface area contributed by atoms with Crippen LogP contribution in [0.5, 0.6) is 5.75 Å². The Labute approximate surface area is 146 Å². The summed E-state index contributed by atoms with van der Waals surface area (Å²) in [6.07, 6.45) is 1.08. The first-order valence-electron chi connectivity index (χ1n) is 8.41. The molecule has 2 atom stereocenters. The van der Waals surface area contributed by atoms with E-state index in [0.717, 1.165) is 5.56 Å². The van der Waals surface area contributed by atoms with E-state index in [1.54, 1.807) is 12.1 Å². The topological polar surface area (TPSA) is 95.9 Å². The zero-order valence-electron chi connectivity index (χ0n) is 14.4. The largest absolute Gasteiger partial charge is 0.485 e. The number of rotatable bonds is 2. The molecule has 0 bridgehead atoms. The first-order valence-corrected chi connectivity index (χ1v) is 8.41. The highest BCUT2D eigenvalue weighted by molar-refractivity contribution is 5.97. The maximum atomic E-state index is 12.3. The van der Waals surface area contributed by atoms with Crippen LogP contribution in [-0.4, -0.2) is 52.5 Å². The lowest BCUT2D eigenvalue weighted by Gasteiger charge is -2.32. The molecule has 7 heteroatoms. The molecule has 2 aliphatic heterocycles. The molecular formula is C18H22N2O5. The first-order chi connectivity index (χ1) is 11.8. The van der Waals surface area contributed by atoms with Gasteiger partial charge in [0.05, 0.1) is 12.1 Å². The number of fused-ring (bicyclic) bond motifs is 1. The minimum absolute atomic E-state index is 0.189. The van der Waals surface area contributed by atoms with Crippen molar-refractivity contribution < 1.29 is 24.2 Å². The molecule has 0 aromatic heterocycles. The third-order valence-electron chi connectivity index (χ3n) is 5.03. The van der Waals surface area contributed by atoms with Gasteiger partial charge >= 0.3 is 5.97 Å². The molecule has 1 spiro atoms. The molecule has 1 fully saturated rings. The Morgan fingerprint density at radius 2 is 2.12 bits per heavy atom. The van der Waals surface area contributed by atoms with Crippen LogP contribution in [0.1, 0.15) is 42.1 Å². The zero-order chi connectivity index (χ0) is 18.2. The van der Waals surface area contributed by atoms with E-state index in [2.05, 4.69) is 5.32 Å². The fourth-order valence-corrected chi connectivity index (χ4v) is 3.39. The molecular weight excluding hydrogens is 324 g/mol. The number of carboxylic acids is 1. The molecule has 2 amide bonds. The molecule has 25 heavy (non-hydrogen) atoms. The van der Waals surface area contributed by atoms with Gasteiger partial charge in [-0.3, -0.25) is 9.59 Å². The maximum absolute atomic E-state index is 12.3. The lowest BCUT2D eigenvalue weighted by molar-refractivity contribution is -0.149. The second kappa shape index (κ2) is 6.38. The summed E-state index contributed by atoms with van der Waals surface area (Å²) in [6.45, 7) is 3.99. The van der Waals surface area contributed by atoms with Crippen molar-refractivity contribution in [3.05, 3.63) is 29.3 Å². The standard InChI is InChI=1S/C18H22N2O5/c1-11-3-4-14-13(9-11)16(22)19-10-18(25-14)6-5-15(21)20(8-7-18)12(2)17(23)24/h3-4,9,12H,5-8,10H2,1-2H3,(H,19,22)(H,23,24). The molecule has 0 radical (unpaired) electrons. The van der Waals surface area contributed by atoms with Gasteiger partial charge in [-0.05, 0) is 32.4 Å². The van der Waals surface area contributed by atoms with Crippen molar-refractivity contribution in [3.63, 3.8) is 0 Å². The van der Waals surface area contributed by atoms with Gasteiger partial charge < -0.3 is 20.1 Å². The third-order valence-corrected chi connectivity index (χ3v) is 5.03. The van der Waals surface area contributed by atoms with Crippen LogP contribution < -0.4 is 10.1 Å². The van der Waals surface area contributed by atoms with Crippen LogP contribution in [0.15, 0.2) is 18.2 Å². The van der Waals surface area contributed by atoms with Crippen molar-refractivity contribution in [2.75, 3.05) is 13.1 Å². The van der Waals surface area contributed by atoms with Gasteiger partial charge in [0.2, 0.25) is 5.91 Å². The van der Waals surface area contributed by atoms with Gasteiger partial charge in [-0.1, -0.05) is 11.6 Å². The van der Waals surface area contributed by atoms with Crippen molar-refractivity contribution in [1.29, 1.82) is 0 Å². The highest BCUT2D eigenvalue weighted by atomic mass is 16.5. The molecule has 2 aliphatic rings. The number of likely N-dealkylation sites (tertiary alicyclic amines) is 1. The zero-order valence-corrected chi connectivity index (χ0v) is 14.4. The summed E-state index contributed by atoms with van der Waals surface area (Å²) >= 11 is 0. The van der Waals surface area contributed by atoms with Crippen molar-refractivity contribution in [2.45, 2.75) is 44.8 Å². The van der Waals surface area contributed by atoms with E-state index in [-0.39, 0.29) is 24.8 Å². The number of carbonyl (C=O) groups is 3. The number of benzene rings is 1. The third kappa shape index (κ3) is 3.31. The number of nitrogens with zero attached hydrogens (tertiary/aromatic N) is 1. The van der Waals surface area contributed by atoms with Crippen molar-refractivity contribution in [3.8, 4) is 5.75 Å². The van der Waals surface area contributed by atoms with E-state index >= 15 is 0 Å². The summed E-state index contributed by atoms with van der Waals surface area (Å²) < 4.78 is 6.22. The molecule has 7 nitrogen and oxygen atoms in total. The van der Waals surface area contributed by atoms with E-state index in [4.69, 9.17) is 4.74 Å². The van der Waals surface area contributed by atoms with Crippen LogP contribution in [0, 0.1) is 6.92 Å². The number of aliphatic carboxylic acids is 1. The maximum Gasteiger partial charge on any atom is 0.326 e. The van der Waals surface area contributed by atoms with Crippen LogP contribution in [-0.2, 0) is 9.59 Å². The van der Waals surface area contributed by atoms with E-state index < -0.39 is 17.6 Å². The van der Waals surface area contributed by atoms with Gasteiger partial charge in [-0.25, -0.2) is 4.79 Å². The smallest absolute Gasteiger partial charge is 0.326 e. The predicted octanol–water partition coefficient (Wildman–Crippen LogP) is 1.34. The van der Waals surface area contributed by atoms with Gasteiger partial charge in [0.25, 0.3) is 5.91 Å². The summed E-state index contributed by atoms with van der Waals surface area (Å²) in [5.74, 6) is -0.912. The van der Waals surface area contributed by atoms with Gasteiger partial charge in [0, 0.05) is 19.4 Å². The van der Waals surface area contributed by atoms with Crippen LogP contribution in [0.3, 0.4) is 0 Å². The predicted molar refractivity (Wildman–Crippen MR) is 89.5 cm³/mol. The van der Waals surface area contributed by atoms with Crippen LogP contribution in [0.2, 0.25) is 0 Å². The monoisotopic (exact) mass is 346 g/mol. The molecule has 0 saturated carbocycles. The Bertz CT molecular complexity index is 732. The summed E-state index contributed by atoms with van der Waals surface area (Å²) in [7, 11) is 0. The summed E-state index contributed by atoms with van der Waals surface area (Å²) in [4.78, 5) is 37.3. The Hall–Kier alpha value is -2.57. The number of nitrogens with one attached hydrogen (secondary N) is 1. The summed E-state index contributed by atoms with van der Waals surface area (Å²) in [5.41, 5.74) is 0.743. The van der Waals surface area contributed by atoms with Crippen LogP contribution in [0.25, 0.3) is 0 Å². The van der Waals surface area contributed by atoms with Gasteiger partial charge in [-0.15, -0.1) is 0 Å². The highest BCUT2D eigenvalue weighted by Crippen LogP contribution is 2.34. The van der Waals surface area contributed by atoms with Crippen molar-refractivity contribution in [1.82, 2.24) is 10.2 Å². The molecule has 1 aromatic rings. The molecule has 2 N–H and O–H groups in total. The fraction of sp³-hybridized carbons (Fsp3) is 0.500. The van der Waals surface area contributed by atoms with E-state index in [9.17, 15) is 19.5 Å². The minimum atomic E-state index is -1.03. The summed E-state index contributed by atoms with van der Waals surface area (Å²) in [6, 6.07) is 4.57. The van der Waals surface area contributed by atoms with Crippen LogP contribution >= 0.6 is 0 Å². The molecule has 1 aromatic carbocycles. The quantitative estimate of drug-likeness (QED) is 0.842. The second-order valence-electron chi connectivity index (χ2n) is 6.82. The average Bonchev–Trinajstić information content (AvgIpc) is 2.81. The molecule has 2 heterocycles. The van der Waals surface area contributed by atoms with Gasteiger partial charge in [0.1, 0.15) is 17.4 Å². The number of hydrogen-bond acceptors (Lipinski definition) is 4. The number of aryl methyl sites for hydroxylation is 1. The number of carbonyl (C=O) groups excluding carboxylic acids is 2. The normalized spacial score (nSPS) is 24.6. The Kier molecular flexibility index (Phi) is 4.41. The highest BCUT2D eigenvalue weighted by Gasteiger charge is 2.41. The minimum Gasteiger partial charge on any atom is -0.485 e. The summed E-state index contributed by atoms with van der Waals surface area (Å²) in [5, 5.41) is 12.1. The van der Waals surface area contributed by atoms with E-state index in [1.807, 2.05) is 13.0 Å². The van der Waals surface area contributed by atoms with Crippen molar-refractivity contribution >= 4 is 17.8 Å². The van der Waals surface area contributed by atoms with Crippen molar-refractivity contribution in [2.24, 2.45) is 0 Å². The number of amides is 2. The van der Waals surface area contributed by atoms with Crippen LogP contribution in [0.4, 0.5) is 0 Å². The molecule has 0 aliphatic carbocycles. The molecule has 134 valence electrons. The van der Waals surface area contributed by atoms with E-state index in [1.165, 1.54) is 11.8 Å². The van der Waals surface area contributed by atoms with Gasteiger partial charge in [-0.2, -0.15) is 0 Å². The molecule has 3 rings (SSSR count). The Balaban J connectivity index is 1.87. The molecule has 2 unspecified atom stereocenters.